The second-order valence-corrected chi connectivity index (χ2v) is 4.97. The smallest absolute Gasteiger partial charge is 0.387 e. The first-order valence-electron chi connectivity index (χ1n) is 6.36. The van der Waals surface area contributed by atoms with Crippen molar-refractivity contribution >= 4 is 28.3 Å². The molecule has 0 fully saturated rings. The van der Waals surface area contributed by atoms with Crippen LogP contribution in [0.15, 0.2) is 24.3 Å². The van der Waals surface area contributed by atoms with E-state index in [0.29, 0.717) is 0 Å². The molecule has 10 heteroatoms. The topological polar surface area (TPSA) is 90.4 Å². The van der Waals surface area contributed by atoms with E-state index in [1.165, 1.54) is 18.2 Å². The Morgan fingerprint density at radius 3 is 2.83 bits per heavy atom. The Kier molecular flexibility index (Phi) is 5.52. The number of halogens is 2. The number of carbonyl (C=O) groups is 2. The highest BCUT2D eigenvalue weighted by Gasteiger charge is 2.16. The van der Waals surface area contributed by atoms with Crippen molar-refractivity contribution in [3.05, 3.63) is 34.8 Å². The Morgan fingerprint density at radius 1 is 1.35 bits per heavy atom. The molecule has 1 aromatic carbocycles. The third kappa shape index (κ3) is 4.68. The summed E-state index contributed by atoms with van der Waals surface area (Å²) in [6.07, 6.45) is 0. The second-order valence-electron chi connectivity index (χ2n) is 3.99. The van der Waals surface area contributed by atoms with Gasteiger partial charge in [0.1, 0.15) is 5.75 Å². The molecular formula is C13H11F2N3O4S. The maximum absolute atomic E-state index is 12.2. The van der Waals surface area contributed by atoms with Gasteiger partial charge < -0.3 is 9.47 Å². The van der Waals surface area contributed by atoms with Crippen molar-refractivity contribution in [2.24, 2.45) is 0 Å². The lowest BCUT2D eigenvalue weighted by Crippen LogP contribution is -2.12. The summed E-state index contributed by atoms with van der Waals surface area (Å²) < 4.78 is 33.3. The fourth-order valence-electron chi connectivity index (χ4n) is 1.53. The highest BCUT2D eigenvalue weighted by molar-refractivity contribution is 7.17. The van der Waals surface area contributed by atoms with Gasteiger partial charge in [-0.1, -0.05) is 17.4 Å². The summed E-state index contributed by atoms with van der Waals surface area (Å²) in [4.78, 5) is 23.5. The van der Waals surface area contributed by atoms with Crippen LogP contribution in [0.25, 0.3) is 0 Å². The predicted molar refractivity (Wildman–Crippen MR) is 76.9 cm³/mol. The van der Waals surface area contributed by atoms with Crippen LogP contribution >= 0.6 is 11.3 Å². The Morgan fingerprint density at radius 2 is 2.13 bits per heavy atom. The molecule has 0 saturated carbocycles. The molecule has 23 heavy (non-hydrogen) atoms. The van der Waals surface area contributed by atoms with E-state index < -0.39 is 18.5 Å². The molecule has 0 spiro atoms. The van der Waals surface area contributed by atoms with Gasteiger partial charge in [0.25, 0.3) is 5.91 Å². The molecule has 1 aromatic heterocycles. The van der Waals surface area contributed by atoms with Gasteiger partial charge in [-0.05, 0) is 25.1 Å². The number of nitrogens with one attached hydrogen (secondary N) is 1. The fraction of sp³-hybridized carbons (Fsp3) is 0.231. The SMILES string of the molecule is CCOC(=O)c1nnc(NC(=O)c2cccc(OC(F)F)c2)s1. The van der Waals surface area contributed by atoms with Crippen LogP contribution in [-0.4, -0.2) is 35.3 Å². The summed E-state index contributed by atoms with van der Waals surface area (Å²) in [5.74, 6) is -1.38. The van der Waals surface area contributed by atoms with E-state index in [1.54, 1.807) is 6.92 Å². The molecule has 7 nitrogen and oxygen atoms in total. The number of amides is 1. The van der Waals surface area contributed by atoms with Gasteiger partial charge in [-0.15, -0.1) is 10.2 Å². The first kappa shape index (κ1) is 16.7. The van der Waals surface area contributed by atoms with Crippen molar-refractivity contribution in [1.29, 1.82) is 0 Å². The fourth-order valence-corrected chi connectivity index (χ4v) is 2.16. The van der Waals surface area contributed by atoms with Crippen molar-refractivity contribution in [3.63, 3.8) is 0 Å². The zero-order chi connectivity index (χ0) is 16.8. The summed E-state index contributed by atoms with van der Waals surface area (Å²) in [6.45, 7) is -1.14. The number of benzene rings is 1. The molecule has 0 unspecified atom stereocenters. The quantitative estimate of drug-likeness (QED) is 0.811. The number of carbonyl (C=O) groups excluding carboxylic acids is 2. The zero-order valence-corrected chi connectivity index (χ0v) is 12.6. The maximum Gasteiger partial charge on any atom is 0.387 e. The number of alkyl halides is 2. The number of aromatic nitrogens is 2. The zero-order valence-electron chi connectivity index (χ0n) is 11.8. The molecule has 2 rings (SSSR count). The number of nitrogens with zero attached hydrogens (tertiary/aromatic N) is 2. The van der Waals surface area contributed by atoms with Crippen molar-refractivity contribution in [1.82, 2.24) is 10.2 Å². The van der Waals surface area contributed by atoms with E-state index in [2.05, 4.69) is 20.3 Å². The molecule has 1 heterocycles. The summed E-state index contributed by atoms with van der Waals surface area (Å²) in [7, 11) is 0. The normalized spacial score (nSPS) is 10.4. The highest BCUT2D eigenvalue weighted by atomic mass is 32.1. The Bertz CT molecular complexity index is 708. The Hall–Kier alpha value is -2.62. The minimum Gasteiger partial charge on any atom is -0.461 e. The minimum absolute atomic E-state index is 0.00284. The van der Waals surface area contributed by atoms with Gasteiger partial charge in [-0.25, -0.2) is 4.79 Å². The molecule has 0 saturated heterocycles. The Labute approximate surface area is 133 Å². The summed E-state index contributed by atoms with van der Waals surface area (Å²) >= 11 is 0.839. The van der Waals surface area contributed by atoms with E-state index in [0.717, 1.165) is 17.4 Å². The van der Waals surface area contributed by atoms with Crippen LogP contribution in [0, 0.1) is 0 Å². The van der Waals surface area contributed by atoms with E-state index in [-0.39, 0.29) is 28.1 Å². The number of esters is 1. The molecule has 0 aliphatic carbocycles. The standard InChI is InChI=1S/C13H11F2N3O4S/c1-2-21-11(20)10-17-18-13(23-10)16-9(19)7-4-3-5-8(6-7)22-12(14)15/h3-6,12H,2H2,1H3,(H,16,18,19). The van der Waals surface area contributed by atoms with E-state index >= 15 is 0 Å². The van der Waals surface area contributed by atoms with Crippen LogP contribution in [0.4, 0.5) is 13.9 Å². The van der Waals surface area contributed by atoms with Crippen molar-refractivity contribution < 1.29 is 27.8 Å². The molecule has 0 atom stereocenters. The number of rotatable bonds is 6. The lowest BCUT2D eigenvalue weighted by atomic mass is 10.2. The van der Waals surface area contributed by atoms with Gasteiger partial charge in [0.05, 0.1) is 6.61 Å². The molecule has 1 N–H and O–H groups in total. The van der Waals surface area contributed by atoms with Crippen molar-refractivity contribution in [2.75, 3.05) is 11.9 Å². The first-order chi connectivity index (χ1) is 11.0. The van der Waals surface area contributed by atoms with Gasteiger partial charge in [-0.2, -0.15) is 8.78 Å². The van der Waals surface area contributed by atoms with E-state index in [4.69, 9.17) is 4.74 Å². The van der Waals surface area contributed by atoms with Crippen LogP contribution in [0.5, 0.6) is 5.75 Å². The molecular weight excluding hydrogens is 332 g/mol. The molecule has 122 valence electrons. The molecule has 1 amide bonds. The average molecular weight is 343 g/mol. The van der Waals surface area contributed by atoms with Crippen LogP contribution in [0.2, 0.25) is 0 Å². The van der Waals surface area contributed by atoms with Crippen molar-refractivity contribution in [2.45, 2.75) is 13.5 Å². The minimum atomic E-state index is -2.98. The third-order valence-electron chi connectivity index (χ3n) is 2.42. The number of anilines is 1. The molecule has 0 radical (unpaired) electrons. The van der Waals surface area contributed by atoms with Crippen LogP contribution < -0.4 is 10.1 Å². The third-order valence-corrected chi connectivity index (χ3v) is 3.24. The van der Waals surface area contributed by atoms with E-state index in [9.17, 15) is 18.4 Å². The van der Waals surface area contributed by atoms with Crippen LogP contribution in [0.1, 0.15) is 27.1 Å². The lowest BCUT2D eigenvalue weighted by molar-refractivity contribution is -0.0498. The van der Waals surface area contributed by atoms with E-state index in [1.807, 2.05) is 0 Å². The summed E-state index contributed by atoms with van der Waals surface area (Å²) in [5, 5.41) is 9.72. The lowest BCUT2D eigenvalue weighted by Gasteiger charge is -2.06. The molecule has 0 aliphatic heterocycles. The van der Waals surface area contributed by atoms with Gasteiger partial charge in [0, 0.05) is 5.56 Å². The van der Waals surface area contributed by atoms with Gasteiger partial charge >= 0.3 is 12.6 Å². The number of hydrogen-bond donors (Lipinski definition) is 1. The van der Waals surface area contributed by atoms with Crippen LogP contribution in [-0.2, 0) is 4.74 Å². The largest absolute Gasteiger partial charge is 0.461 e. The first-order valence-corrected chi connectivity index (χ1v) is 7.18. The summed E-state index contributed by atoms with van der Waals surface area (Å²) in [5.41, 5.74) is 0.0936. The molecule has 0 bridgehead atoms. The Balaban J connectivity index is 2.06. The average Bonchev–Trinajstić information content (AvgIpc) is 2.95. The van der Waals surface area contributed by atoms with Crippen LogP contribution in [0.3, 0.4) is 0 Å². The van der Waals surface area contributed by atoms with Gasteiger partial charge in [-0.3, -0.25) is 10.1 Å². The van der Waals surface area contributed by atoms with Crippen molar-refractivity contribution in [3.8, 4) is 5.75 Å². The monoisotopic (exact) mass is 343 g/mol. The van der Waals surface area contributed by atoms with Gasteiger partial charge in [0.15, 0.2) is 0 Å². The van der Waals surface area contributed by atoms with Gasteiger partial charge in [0.2, 0.25) is 10.1 Å². The maximum atomic E-state index is 12.2. The second kappa shape index (κ2) is 7.58. The highest BCUT2D eigenvalue weighted by Crippen LogP contribution is 2.19. The predicted octanol–water partition coefficient (Wildman–Crippen LogP) is 2.57. The molecule has 2 aromatic rings. The summed E-state index contributed by atoms with van der Waals surface area (Å²) in [6, 6.07) is 5.28. The molecule has 0 aliphatic rings. The number of ether oxygens (including phenoxy) is 2. The number of hydrogen-bond acceptors (Lipinski definition) is 7.